The topological polar surface area (TPSA) is 59.5 Å². The van der Waals surface area contributed by atoms with Crippen LogP contribution in [0, 0.1) is 0 Å². The van der Waals surface area contributed by atoms with Crippen molar-refractivity contribution >= 4 is 38.9 Å². The van der Waals surface area contributed by atoms with Crippen LogP contribution in [0.3, 0.4) is 0 Å². The monoisotopic (exact) mass is 565 g/mol. The SMILES string of the molecule is CN(C)S(=O)(=O)N1CCN(c2cccc(C3CC(C(F)(F)C(F)(F)F)=NN3c3ccccc3Cl)c2)CC1. The number of hydrazone groups is 1. The number of rotatable bonds is 6. The van der Waals surface area contributed by atoms with Crippen LogP contribution >= 0.6 is 11.6 Å². The molecule has 37 heavy (non-hydrogen) atoms. The van der Waals surface area contributed by atoms with Gasteiger partial charge >= 0.3 is 12.1 Å². The van der Waals surface area contributed by atoms with E-state index in [0.29, 0.717) is 24.3 Å². The van der Waals surface area contributed by atoms with Crippen LogP contribution in [0.5, 0.6) is 0 Å². The van der Waals surface area contributed by atoms with Crippen LogP contribution in [0.4, 0.5) is 33.3 Å². The van der Waals surface area contributed by atoms with Crippen molar-refractivity contribution in [3.63, 3.8) is 0 Å². The summed E-state index contributed by atoms with van der Waals surface area (Å²) in [5.41, 5.74) is 0.0694. The van der Waals surface area contributed by atoms with Crippen molar-refractivity contribution in [2.24, 2.45) is 5.10 Å². The number of para-hydroxylation sites is 1. The largest absolute Gasteiger partial charge is 0.459 e. The third-order valence-electron chi connectivity index (χ3n) is 6.37. The van der Waals surface area contributed by atoms with Crippen LogP contribution < -0.4 is 9.91 Å². The molecule has 0 amide bonds. The molecule has 0 spiro atoms. The fraction of sp³-hybridized carbons (Fsp3) is 0.435. The molecule has 202 valence electrons. The number of nitrogens with zero attached hydrogens (tertiary/aromatic N) is 5. The van der Waals surface area contributed by atoms with Crippen molar-refractivity contribution in [1.82, 2.24) is 8.61 Å². The summed E-state index contributed by atoms with van der Waals surface area (Å²) >= 11 is 6.25. The maximum Gasteiger partial charge on any atom is 0.459 e. The maximum absolute atomic E-state index is 14.3. The number of piperazine rings is 1. The van der Waals surface area contributed by atoms with E-state index >= 15 is 0 Å². The molecule has 2 heterocycles. The quantitative estimate of drug-likeness (QED) is 0.473. The second-order valence-electron chi connectivity index (χ2n) is 8.91. The van der Waals surface area contributed by atoms with Crippen molar-refractivity contribution in [3.05, 3.63) is 59.1 Å². The highest BCUT2D eigenvalue weighted by atomic mass is 35.5. The lowest BCUT2D eigenvalue weighted by Gasteiger charge is -2.36. The molecule has 2 aromatic carbocycles. The Bertz CT molecular complexity index is 1280. The summed E-state index contributed by atoms with van der Waals surface area (Å²) in [4.78, 5) is 1.94. The minimum atomic E-state index is -5.79. The zero-order valence-electron chi connectivity index (χ0n) is 20.0. The Morgan fingerprint density at radius 1 is 0.973 bits per heavy atom. The van der Waals surface area contributed by atoms with Gasteiger partial charge in [0.05, 0.1) is 16.8 Å². The molecule has 0 aromatic heterocycles. The average molecular weight is 566 g/mol. The molecule has 2 aliphatic heterocycles. The van der Waals surface area contributed by atoms with Crippen LogP contribution in [0.1, 0.15) is 18.0 Å². The molecule has 0 N–H and O–H groups in total. The number of hydrogen-bond acceptors (Lipinski definition) is 5. The Morgan fingerprint density at radius 2 is 1.62 bits per heavy atom. The van der Waals surface area contributed by atoms with E-state index < -0.39 is 40.5 Å². The number of benzene rings is 2. The van der Waals surface area contributed by atoms with Crippen molar-refractivity contribution < 1.29 is 30.4 Å². The Kier molecular flexibility index (Phi) is 7.45. The zero-order chi connectivity index (χ0) is 27.2. The van der Waals surface area contributed by atoms with Crippen LogP contribution in [0.2, 0.25) is 5.02 Å². The van der Waals surface area contributed by atoms with Gasteiger partial charge in [-0.1, -0.05) is 35.9 Å². The van der Waals surface area contributed by atoms with Gasteiger partial charge in [0.25, 0.3) is 10.2 Å². The summed E-state index contributed by atoms with van der Waals surface area (Å²) in [7, 11) is -0.649. The first-order valence-electron chi connectivity index (χ1n) is 11.3. The molecule has 1 unspecified atom stereocenters. The van der Waals surface area contributed by atoms with Crippen molar-refractivity contribution in [2.45, 2.75) is 24.6 Å². The highest BCUT2D eigenvalue weighted by Gasteiger charge is 2.63. The first-order valence-corrected chi connectivity index (χ1v) is 13.1. The number of anilines is 2. The van der Waals surface area contributed by atoms with Gasteiger partial charge in [0, 0.05) is 52.4 Å². The fourth-order valence-corrected chi connectivity index (χ4v) is 5.63. The maximum atomic E-state index is 14.3. The number of hydrogen-bond donors (Lipinski definition) is 0. The molecule has 0 radical (unpaired) electrons. The van der Waals surface area contributed by atoms with Gasteiger partial charge in [-0.3, -0.25) is 5.01 Å². The molecule has 1 saturated heterocycles. The smallest absolute Gasteiger partial charge is 0.369 e. The highest BCUT2D eigenvalue weighted by Crippen LogP contribution is 2.46. The normalized spacial score (nSPS) is 20.0. The Labute approximate surface area is 216 Å². The summed E-state index contributed by atoms with van der Waals surface area (Å²) in [5, 5.41) is 4.98. The van der Waals surface area contributed by atoms with E-state index in [1.807, 2.05) is 4.90 Å². The Morgan fingerprint density at radius 3 is 2.22 bits per heavy atom. The number of halogens is 6. The van der Waals surface area contributed by atoms with Gasteiger partial charge in [-0.25, -0.2) is 0 Å². The molecule has 0 aliphatic carbocycles. The Hall–Kier alpha value is -2.48. The minimum absolute atomic E-state index is 0.155. The molecule has 4 rings (SSSR count). The summed E-state index contributed by atoms with van der Waals surface area (Å²) in [6.07, 6.45) is -6.45. The molecule has 0 bridgehead atoms. The zero-order valence-corrected chi connectivity index (χ0v) is 21.5. The molecule has 14 heteroatoms. The van der Waals surface area contributed by atoms with Gasteiger partial charge in [0.2, 0.25) is 0 Å². The van der Waals surface area contributed by atoms with Crippen LogP contribution in [-0.2, 0) is 10.2 Å². The van der Waals surface area contributed by atoms with E-state index in [9.17, 15) is 30.4 Å². The fourth-order valence-electron chi connectivity index (χ4n) is 4.32. The van der Waals surface area contributed by atoms with Crippen molar-refractivity contribution in [3.8, 4) is 0 Å². The number of alkyl halides is 5. The lowest BCUT2D eigenvalue weighted by Crippen LogP contribution is -2.51. The summed E-state index contributed by atoms with van der Waals surface area (Å²) in [6, 6.07) is 12.0. The van der Waals surface area contributed by atoms with E-state index in [4.69, 9.17) is 11.6 Å². The van der Waals surface area contributed by atoms with E-state index in [1.54, 1.807) is 36.4 Å². The molecular formula is C23H25ClF5N5O2S. The minimum Gasteiger partial charge on any atom is -0.369 e. The third kappa shape index (κ3) is 5.27. The molecule has 1 atom stereocenters. The average Bonchev–Trinajstić information content (AvgIpc) is 3.30. The molecular weight excluding hydrogens is 541 g/mol. The van der Waals surface area contributed by atoms with Crippen molar-refractivity contribution in [2.75, 3.05) is 50.2 Å². The summed E-state index contributed by atoms with van der Waals surface area (Å²) < 4.78 is 95.4. The standard InChI is InChI=1S/C23H25ClF5N5O2S/c1-31(2)37(35,36)33-12-10-32(11-13-33)17-7-5-6-16(14-17)20-15-21(22(25,26)23(27,28)29)30-34(20)19-9-4-3-8-18(19)24/h3-9,14,20H,10-13,15H2,1-2H3. The summed E-state index contributed by atoms with van der Waals surface area (Å²) in [6.45, 7) is 1.24. The van der Waals surface area contributed by atoms with Gasteiger partial charge in [0.1, 0.15) is 5.71 Å². The lowest BCUT2D eigenvalue weighted by molar-refractivity contribution is -0.249. The lowest BCUT2D eigenvalue weighted by atomic mass is 9.98. The third-order valence-corrected chi connectivity index (χ3v) is 8.63. The first kappa shape index (κ1) is 27.6. The van der Waals surface area contributed by atoms with Gasteiger partial charge in [0.15, 0.2) is 0 Å². The predicted molar refractivity (Wildman–Crippen MR) is 133 cm³/mol. The molecule has 1 fully saturated rings. The van der Waals surface area contributed by atoms with Gasteiger partial charge in [-0.2, -0.15) is 44.1 Å². The van der Waals surface area contributed by atoms with Crippen molar-refractivity contribution in [1.29, 1.82) is 0 Å². The van der Waals surface area contributed by atoms with Crippen LogP contribution in [0.15, 0.2) is 53.6 Å². The molecule has 2 aliphatic rings. The van der Waals surface area contributed by atoms with Crippen LogP contribution in [-0.4, -0.2) is 75.1 Å². The Balaban J connectivity index is 1.63. The molecule has 7 nitrogen and oxygen atoms in total. The molecule has 0 saturated carbocycles. The van der Waals surface area contributed by atoms with E-state index in [0.717, 1.165) is 9.31 Å². The predicted octanol–water partition coefficient (Wildman–Crippen LogP) is 4.77. The van der Waals surface area contributed by atoms with Gasteiger partial charge in [-0.05, 0) is 29.8 Å². The van der Waals surface area contributed by atoms with E-state index in [1.165, 1.54) is 30.5 Å². The van der Waals surface area contributed by atoms with Gasteiger partial charge < -0.3 is 4.90 Å². The van der Waals surface area contributed by atoms with Gasteiger partial charge in [-0.15, -0.1) is 0 Å². The second kappa shape index (κ2) is 10.0. The van der Waals surface area contributed by atoms with Crippen LogP contribution in [0.25, 0.3) is 0 Å². The second-order valence-corrected chi connectivity index (χ2v) is 11.5. The van der Waals surface area contributed by atoms with E-state index in [-0.39, 0.29) is 23.8 Å². The highest BCUT2D eigenvalue weighted by molar-refractivity contribution is 7.86. The summed E-state index contributed by atoms with van der Waals surface area (Å²) in [5.74, 6) is -5.10. The first-order chi connectivity index (χ1) is 17.2. The van der Waals surface area contributed by atoms with E-state index in [2.05, 4.69) is 5.10 Å². The molecule has 2 aromatic rings.